The van der Waals surface area contributed by atoms with E-state index >= 15 is 0 Å². The summed E-state index contributed by atoms with van der Waals surface area (Å²) in [7, 11) is 0. The third kappa shape index (κ3) is 2.59. The van der Waals surface area contributed by atoms with Crippen molar-refractivity contribution in [3.05, 3.63) is 11.4 Å². The number of cyclic esters (lactones) is 1. The van der Waals surface area contributed by atoms with Crippen LogP contribution in [0.3, 0.4) is 0 Å². The molecule has 3 N–H and O–H groups in total. The molecule has 0 aromatic carbocycles. The van der Waals surface area contributed by atoms with Crippen LogP contribution in [-0.4, -0.2) is 62.7 Å². The molecule has 1 aliphatic rings. The molecule has 20 heavy (non-hydrogen) atoms. The molecule has 2 amide bonds. The second kappa shape index (κ2) is 5.65. The van der Waals surface area contributed by atoms with Crippen LogP contribution in [0.25, 0.3) is 0 Å². The van der Waals surface area contributed by atoms with Crippen molar-refractivity contribution in [2.24, 2.45) is 5.73 Å². The lowest BCUT2D eigenvalue weighted by Crippen LogP contribution is -2.35. The first kappa shape index (κ1) is 13.9. The number of carboxylic acid groups (broad SMARTS) is 1. The Labute approximate surface area is 113 Å². The highest BCUT2D eigenvalue weighted by atomic mass is 16.6. The maximum absolute atomic E-state index is 11.9. The van der Waals surface area contributed by atoms with Crippen LogP contribution in [0.1, 0.15) is 16.2 Å². The summed E-state index contributed by atoms with van der Waals surface area (Å²) in [6, 6.07) is 0. The van der Waals surface area contributed by atoms with Crippen LogP contribution in [0.15, 0.2) is 0 Å². The number of rotatable bonds is 5. The third-order valence-electron chi connectivity index (χ3n) is 2.77. The van der Waals surface area contributed by atoms with Crippen LogP contribution in [0, 0.1) is 0 Å². The average Bonchev–Trinajstić information content (AvgIpc) is 2.97. The van der Waals surface area contributed by atoms with Gasteiger partial charge in [-0.3, -0.25) is 4.79 Å². The fourth-order valence-electron chi connectivity index (χ4n) is 1.84. The Morgan fingerprint density at radius 1 is 1.45 bits per heavy atom. The van der Waals surface area contributed by atoms with Gasteiger partial charge in [0, 0.05) is 6.42 Å². The minimum Gasteiger partial charge on any atom is -0.476 e. The van der Waals surface area contributed by atoms with E-state index in [9.17, 15) is 14.4 Å². The van der Waals surface area contributed by atoms with Gasteiger partial charge in [0.25, 0.3) is 5.91 Å². The van der Waals surface area contributed by atoms with Crippen LogP contribution in [-0.2, 0) is 22.5 Å². The predicted molar refractivity (Wildman–Crippen MR) is 62.8 cm³/mol. The van der Waals surface area contributed by atoms with Crippen molar-refractivity contribution in [2.45, 2.75) is 13.0 Å². The Kier molecular flexibility index (Phi) is 3.94. The molecule has 1 aliphatic heterocycles. The molecule has 0 unspecified atom stereocenters. The van der Waals surface area contributed by atoms with Gasteiger partial charge in [0.15, 0.2) is 5.69 Å². The number of carbonyl (C=O) groups is 3. The zero-order chi connectivity index (χ0) is 14.7. The fraction of sp³-hybridized carbons (Fsp3) is 0.500. The van der Waals surface area contributed by atoms with E-state index in [0.717, 1.165) is 9.58 Å². The summed E-state index contributed by atoms with van der Waals surface area (Å²) < 4.78 is 5.80. The molecule has 1 aromatic rings. The Hall–Kier alpha value is -2.49. The first-order valence-corrected chi connectivity index (χ1v) is 5.87. The third-order valence-corrected chi connectivity index (χ3v) is 2.77. The number of imide groups is 1. The van der Waals surface area contributed by atoms with Crippen LogP contribution >= 0.6 is 0 Å². The van der Waals surface area contributed by atoms with Gasteiger partial charge < -0.3 is 15.6 Å². The molecule has 0 saturated carbocycles. The lowest BCUT2D eigenvalue weighted by atomic mass is 10.2. The van der Waals surface area contributed by atoms with E-state index in [2.05, 4.69) is 15.0 Å². The number of hydrogen-bond acceptors (Lipinski definition) is 7. The highest BCUT2D eigenvalue weighted by Crippen LogP contribution is 2.09. The molecule has 0 bridgehead atoms. The standard InChI is InChI=1S/C10H13N5O5/c11-2-1-6-8(9(17)18)12-13-15(6)5-7(16)14-3-4-20-10(14)19/h1-5,11H2,(H,17,18). The van der Waals surface area contributed by atoms with Gasteiger partial charge in [-0.05, 0) is 6.54 Å². The van der Waals surface area contributed by atoms with E-state index in [0.29, 0.717) is 0 Å². The number of ether oxygens (including phenoxy) is 1. The van der Waals surface area contributed by atoms with Crippen molar-refractivity contribution in [1.82, 2.24) is 19.9 Å². The molecule has 1 aromatic heterocycles. The summed E-state index contributed by atoms with van der Waals surface area (Å²) >= 11 is 0. The van der Waals surface area contributed by atoms with Crippen LogP contribution < -0.4 is 5.73 Å². The molecule has 0 atom stereocenters. The van der Waals surface area contributed by atoms with Crippen molar-refractivity contribution in [3.8, 4) is 0 Å². The average molecular weight is 283 g/mol. The largest absolute Gasteiger partial charge is 0.476 e. The van der Waals surface area contributed by atoms with Crippen LogP contribution in [0.2, 0.25) is 0 Å². The monoisotopic (exact) mass is 283 g/mol. The van der Waals surface area contributed by atoms with Crippen LogP contribution in [0.5, 0.6) is 0 Å². The molecule has 1 fully saturated rings. The van der Waals surface area contributed by atoms with E-state index in [4.69, 9.17) is 10.8 Å². The number of amides is 2. The number of aromatic nitrogens is 3. The molecule has 0 spiro atoms. The van der Waals surface area contributed by atoms with Crippen molar-refractivity contribution in [2.75, 3.05) is 19.7 Å². The smallest absolute Gasteiger partial charge is 0.416 e. The number of aromatic carboxylic acids is 1. The summed E-state index contributed by atoms with van der Waals surface area (Å²) in [5.41, 5.74) is 5.41. The lowest BCUT2D eigenvalue weighted by molar-refractivity contribution is -0.128. The molecule has 0 aliphatic carbocycles. The molecular weight excluding hydrogens is 270 g/mol. The van der Waals surface area contributed by atoms with Gasteiger partial charge in [0.1, 0.15) is 13.2 Å². The van der Waals surface area contributed by atoms with Gasteiger partial charge >= 0.3 is 12.1 Å². The number of carboxylic acids is 1. The Bertz CT molecular complexity index is 554. The summed E-state index contributed by atoms with van der Waals surface area (Å²) in [5.74, 6) is -1.78. The molecule has 0 radical (unpaired) electrons. The summed E-state index contributed by atoms with van der Waals surface area (Å²) in [5, 5.41) is 16.1. The second-order valence-electron chi connectivity index (χ2n) is 4.05. The van der Waals surface area contributed by atoms with Crippen LogP contribution in [0.4, 0.5) is 4.79 Å². The Balaban J connectivity index is 2.18. The SMILES string of the molecule is NCCc1c(C(=O)O)nnn1CC(=O)N1CCOC1=O. The van der Waals surface area contributed by atoms with E-state index in [1.807, 2.05) is 0 Å². The van der Waals surface area contributed by atoms with E-state index in [1.165, 1.54) is 0 Å². The van der Waals surface area contributed by atoms with Crippen molar-refractivity contribution < 1.29 is 24.2 Å². The quantitative estimate of drug-likeness (QED) is 0.662. The zero-order valence-electron chi connectivity index (χ0n) is 10.5. The number of nitrogens with zero attached hydrogens (tertiary/aromatic N) is 4. The predicted octanol–water partition coefficient (Wildman–Crippen LogP) is -1.54. The highest BCUT2D eigenvalue weighted by molar-refractivity contribution is 5.93. The normalized spacial score (nSPS) is 14.4. The first-order valence-electron chi connectivity index (χ1n) is 5.87. The molecule has 10 nitrogen and oxygen atoms in total. The number of nitrogens with two attached hydrogens (primary N) is 1. The Morgan fingerprint density at radius 3 is 2.75 bits per heavy atom. The molecule has 2 rings (SSSR count). The van der Waals surface area contributed by atoms with E-state index in [1.54, 1.807) is 0 Å². The summed E-state index contributed by atoms with van der Waals surface area (Å²) in [6.45, 7) is 0.223. The lowest BCUT2D eigenvalue weighted by Gasteiger charge is -2.11. The zero-order valence-corrected chi connectivity index (χ0v) is 10.5. The molecule has 2 heterocycles. The maximum atomic E-state index is 11.9. The van der Waals surface area contributed by atoms with Gasteiger partial charge in [-0.25, -0.2) is 19.2 Å². The summed E-state index contributed by atoms with van der Waals surface area (Å²) in [6.07, 6.45) is -0.499. The fourth-order valence-corrected chi connectivity index (χ4v) is 1.84. The first-order chi connectivity index (χ1) is 9.54. The minimum atomic E-state index is -1.24. The van der Waals surface area contributed by atoms with E-state index < -0.39 is 18.0 Å². The number of hydrogen-bond donors (Lipinski definition) is 2. The maximum Gasteiger partial charge on any atom is 0.416 e. The molecule has 10 heteroatoms. The van der Waals surface area contributed by atoms with Crippen molar-refractivity contribution >= 4 is 18.0 Å². The topological polar surface area (TPSA) is 141 Å². The van der Waals surface area contributed by atoms with Crippen molar-refractivity contribution in [1.29, 1.82) is 0 Å². The molecular formula is C10H13N5O5. The van der Waals surface area contributed by atoms with Crippen molar-refractivity contribution in [3.63, 3.8) is 0 Å². The molecule has 108 valence electrons. The molecule has 1 saturated heterocycles. The van der Waals surface area contributed by atoms with Gasteiger partial charge in [-0.2, -0.15) is 0 Å². The van der Waals surface area contributed by atoms with Gasteiger partial charge in [0.05, 0.1) is 12.2 Å². The summed E-state index contributed by atoms with van der Waals surface area (Å²) in [4.78, 5) is 35.1. The van der Waals surface area contributed by atoms with E-state index in [-0.39, 0.29) is 44.0 Å². The van der Waals surface area contributed by atoms with Gasteiger partial charge in [-0.1, -0.05) is 5.21 Å². The Morgan fingerprint density at radius 2 is 2.20 bits per heavy atom. The highest BCUT2D eigenvalue weighted by Gasteiger charge is 2.29. The second-order valence-corrected chi connectivity index (χ2v) is 4.05. The minimum absolute atomic E-state index is 0.151. The van der Waals surface area contributed by atoms with Gasteiger partial charge in [0.2, 0.25) is 0 Å². The van der Waals surface area contributed by atoms with Gasteiger partial charge in [-0.15, -0.1) is 5.10 Å². The number of carbonyl (C=O) groups excluding carboxylic acids is 2.